The summed E-state index contributed by atoms with van der Waals surface area (Å²) in [5.74, 6) is -4.47. The number of aliphatic hydroxyl groups is 2. The number of nitrogens with two attached hydrogens (primary N) is 1. The Morgan fingerprint density at radius 2 is 1.81 bits per heavy atom. The molecule has 196 valence electrons. The standard InChI is InChI=1S/C26H26FNO9/c1-9-21(30)15(28)6-17(36-9)37-16-8-26(35,10(2)29)7-14-18(16)25(34)20-19(24(14)33)22(31)12-4-3-11(27)5-13(12)23(20)32/h3-5,9,15-17,21,30,33-35H,6-8,28H2,1-2H3. The molecule has 2 aromatic rings. The number of Topliss-reactive ketones (excluding diaryl/α,β-unsaturated/α-hetero) is 1. The van der Waals surface area contributed by atoms with Gasteiger partial charge in [0.15, 0.2) is 23.6 Å². The van der Waals surface area contributed by atoms with E-state index in [-0.39, 0.29) is 35.1 Å². The van der Waals surface area contributed by atoms with Gasteiger partial charge in [0.2, 0.25) is 0 Å². The molecule has 0 aromatic heterocycles. The maximum atomic E-state index is 13.9. The van der Waals surface area contributed by atoms with E-state index in [1.807, 2.05) is 0 Å². The van der Waals surface area contributed by atoms with Gasteiger partial charge in [-0.25, -0.2) is 4.39 Å². The highest BCUT2D eigenvalue weighted by molar-refractivity contribution is 6.30. The Morgan fingerprint density at radius 1 is 1.16 bits per heavy atom. The summed E-state index contributed by atoms with van der Waals surface area (Å²) in [5.41, 5.74) is 2.27. The van der Waals surface area contributed by atoms with Crippen LogP contribution >= 0.6 is 0 Å². The zero-order valence-corrected chi connectivity index (χ0v) is 20.0. The second-order valence-electron chi connectivity index (χ2n) is 9.94. The number of phenols is 2. The fourth-order valence-corrected chi connectivity index (χ4v) is 5.45. The summed E-state index contributed by atoms with van der Waals surface area (Å²) in [7, 11) is 0. The Balaban J connectivity index is 1.67. The lowest BCUT2D eigenvalue weighted by Crippen LogP contribution is -2.52. The molecule has 0 spiro atoms. The zero-order chi connectivity index (χ0) is 27.0. The first-order chi connectivity index (χ1) is 17.3. The first kappa shape index (κ1) is 25.4. The molecule has 6 N–H and O–H groups in total. The first-order valence-corrected chi connectivity index (χ1v) is 11.8. The normalized spacial score (nSPS) is 30.9. The van der Waals surface area contributed by atoms with E-state index >= 15 is 0 Å². The Kier molecular flexibility index (Phi) is 5.96. The monoisotopic (exact) mass is 515 g/mol. The van der Waals surface area contributed by atoms with Gasteiger partial charge in [0.25, 0.3) is 0 Å². The van der Waals surface area contributed by atoms with Crippen molar-refractivity contribution in [3.63, 3.8) is 0 Å². The lowest BCUT2D eigenvalue weighted by molar-refractivity contribution is -0.247. The number of fused-ring (bicyclic) bond motifs is 3. The van der Waals surface area contributed by atoms with E-state index in [2.05, 4.69) is 0 Å². The van der Waals surface area contributed by atoms with E-state index in [4.69, 9.17) is 15.2 Å². The SMILES string of the molecule is CC(=O)C1(O)Cc2c(O)c3c(c(O)c2C(OC2CC(N)C(O)C(C)O2)C1)C(=O)c1cc(F)ccc1C3=O. The molecule has 1 fully saturated rings. The van der Waals surface area contributed by atoms with E-state index in [1.165, 1.54) is 0 Å². The number of ether oxygens (including phenoxy) is 2. The summed E-state index contributed by atoms with van der Waals surface area (Å²) in [6.45, 7) is 2.74. The summed E-state index contributed by atoms with van der Waals surface area (Å²) in [6.07, 6.45) is -4.74. The maximum Gasteiger partial charge on any atom is 0.198 e. The average Bonchev–Trinajstić information content (AvgIpc) is 2.82. The van der Waals surface area contributed by atoms with Crippen LogP contribution < -0.4 is 5.73 Å². The molecule has 0 saturated carbocycles. The number of halogens is 1. The van der Waals surface area contributed by atoms with Crippen LogP contribution in [0.15, 0.2) is 18.2 Å². The molecule has 0 radical (unpaired) electrons. The number of benzene rings is 2. The van der Waals surface area contributed by atoms with E-state index in [1.54, 1.807) is 6.92 Å². The topological polar surface area (TPSA) is 177 Å². The molecule has 1 heterocycles. The van der Waals surface area contributed by atoms with Crippen molar-refractivity contribution >= 4 is 17.3 Å². The first-order valence-electron chi connectivity index (χ1n) is 11.8. The van der Waals surface area contributed by atoms with Gasteiger partial charge in [-0.1, -0.05) is 0 Å². The van der Waals surface area contributed by atoms with Crippen molar-refractivity contribution in [2.45, 2.75) is 69.4 Å². The highest BCUT2D eigenvalue weighted by Crippen LogP contribution is 2.52. The van der Waals surface area contributed by atoms with Crippen LogP contribution in [0.25, 0.3) is 0 Å². The average molecular weight is 515 g/mol. The Bertz CT molecular complexity index is 1350. The molecule has 2 aromatic carbocycles. The van der Waals surface area contributed by atoms with Gasteiger partial charge in [-0.2, -0.15) is 0 Å². The fraction of sp³-hybridized carbons (Fsp3) is 0.423. The number of rotatable bonds is 3. The molecule has 0 bridgehead atoms. The van der Waals surface area contributed by atoms with Gasteiger partial charge < -0.3 is 35.6 Å². The van der Waals surface area contributed by atoms with Crippen LogP contribution in [0.2, 0.25) is 0 Å². The summed E-state index contributed by atoms with van der Waals surface area (Å²) >= 11 is 0. The van der Waals surface area contributed by atoms with Crippen LogP contribution in [0.3, 0.4) is 0 Å². The van der Waals surface area contributed by atoms with Gasteiger partial charge in [-0.05, 0) is 32.0 Å². The minimum atomic E-state index is -2.03. The predicted octanol–water partition coefficient (Wildman–Crippen LogP) is 1.16. The summed E-state index contributed by atoms with van der Waals surface area (Å²) in [4.78, 5) is 39.0. The lowest BCUT2D eigenvalue weighted by Gasteiger charge is -2.42. The molecule has 0 amide bonds. The van der Waals surface area contributed by atoms with Gasteiger partial charge in [-0.15, -0.1) is 0 Å². The summed E-state index contributed by atoms with van der Waals surface area (Å²) in [6, 6.07) is 2.27. The minimum Gasteiger partial charge on any atom is -0.507 e. The fourth-order valence-electron chi connectivity index (χ4n) is 5.45. The molecule has 1 aliphatic heterocycles. The molecule has 11 heteroatoms. The molecule has 37 heavy (non-hydrogen) atoms. The number of carbonyl (C=O) groups is 3. The molecule has 5 rings (SSSR count). The molecular formula is C26H26FNO9. The summed E-state index contributed by atoms with van der Waals surface area (Å²) in [5, 5.41) is 43.8. The van der Waals surface area contributed by atoms with Crippen molar-refractivity contribution in [3.05, 3.63) is 57.4 Å². The third-order valence-corrected chi connectivity index (χ3v) is 7.55. The van der Waals surface area contributed by atoms with Crippen molar-refractivity contribution < 1.29 is 48.7 Å². The Hall–Kier alpha value is -3.22. The van der Waals surface area contributed by atoms with Gasteiger partial charge >= 0.3 is 0 Å². The molecule has 3 aliphatic rings. The lowest BCUT2D eigenvalue weighted by atomic mass is 9.72. The minimum absolute atomic E-state index is 0.0393. The van der Waals surface area contributed by atoms with Crippen LogP contribution in [-0.2, 0) is 20.7 Å². The van der Waals surface area contributed by atoms with Crippen LogP contribution in [0, 0.1) is 5.82 Å². The Morgan fingerprint density at radius 3 is 2.46 bits per heavy atom. The van der Waals surface area contributed by atoms with E-state index in [0.29, 0.717) is 0 Å². The third-order valence-electron chi connectivity index (χ3n) is 7.55. The molecule has 1 saturated heterocycles. The second kappa shape index (κ2) is 8.67. The number of phenolic OH excluding ortho intramolecular Hbond substituents is 2. The molecule has 6 atom stereocenters. The third kappa shape index (κ3) is 3.85. The predicted molar refractivity (Wildman–Crippen MR) is 124 cm³/mol. The summed E-state index contributed by atoms with van der Waals surface area (Å²) < 4.78 is 25.6. The molecule has 10 nitrogen and oxygen atoms in total. The van der Waals surface area contributed by atoms with Crippen molar-refractivity contribution in [3.8, 4) is 11.5 Å². The van der Waals surface area contributed by atoms with Crippen molar-refractivity contribution in [2.75, 3.05) is 0 Å². The highest BCUT2D eigenvalue weighted by atomic mass is 19.1. The Labute approximate surface area is 210 Å². The van der Waals surface area contributed by atoms with Crippen molar-refractivity contribution in [1.29, 1.82) is 0 Å². The number of ketones is 3. The number of carbonyl (C=O) groups excluding carboxylic acids is 3. The van der Waals surface area contributed by atoms with Gasteiger partial charge in [0, 0.05) is 47.6 Å². The van der Waals surface area contributed by atoms with Crippen LogP contribution in [0.5, 0.6) is 11.5 Å². The highest BCUT2D eigenvalue weighted by Gasteiger charge is 2.49. The van der Waals surface area contributed by atoms with Gasteiger partial charge in [0.1, 0.15) is 22.9 Å². The van der Waals surface area contributed by atoms with E-state index in [0.717, 1.165) is 25.1 Å². The van der Waals surface area contributed by atoms with Crippen molar-refractivity contribution in [1.82, 2.24) is 0 Å². The number of aliphatic hydroxyl groups excluding tert-OH is 1. The quantitative estimate of drug-likeness (QED) is 0.318. The number of aromatic hydroxyl groups is 2. The second-order valence-corrected chi connectivity index (χ2v) is 9.94. The number of hydrogen-bond donors (Lipinski definition) is 5. The van der Waals surface area contributed by atoms with Gasteiger partial charge in [-0.3, -0.25) is 14.4 Å². The van der Waals surface area contributed by atoms with Crippen molar-refractivity contribution in [2.24, 2.45) is 5.73 Å². The van der Waals surface area contributed by atoms with Gasteiger partial charge in [0.05, 0.1) is 29.4 Å². The molecular weight excluding hydrogens is 489 g/mol. The zero-order valence-electron chi connectivity index (χ0n) is 20.0. The van der Waals surface area contributed by atoms with E-state index in [9.17, 15) is 39.2 Å². The van der Waals surface area contributed by atoms with E-state index < -0.39 is 88.5 Å². The molecule has 2 aliphatic carbocycles. The van der Waals surface area contributed by atoms with Crippen LogP contribution in [-0.4, -0.2) is 67.9 Å². The maximum absolute atomic E-state index is 13.9. The molecule has 6 unspecified atom stereocenters. The number of hydrogen-bond acceptors (Lipinski definition) is 10. The smallest absolute Gasteiger partial charge is 0.198 e. The van der Waals surface area contributed by atoms with Crippen LogP contribution in [0.1, 0.15) is 75.8 Å². The van der Waals surface area contributed by atoms with Crippen LogP contribution in [0.4, 0.5) is 4.39 Å². The largest absolute Gasteiger partial charge is 0.507 e.